The fraction of sp³-hybridized carbons (Fsp3) is 0.800. The molecule has 6 N–H and O–H groups in total. The second-order valence-corrected chi connectivity index (χ2v) is 4.15. The Morgan fingerprint density at radius 2 is 2.15 bits per heavy atom. The van der Waals surface area contributed by atoms with E-state index < -0.39 is 10.0 Å². The van der Waals surface area contributed by atoms with Crippen molar-refractivity contribution in [2.45, 2.75) is 6.92 Å². The summed E-state index contributed by atoms with van der Waals surface area (Å²) in [5.74, 6) is 4.84. The summed E-state index contributed by atoms with van der Waals surface area (Å²) in [5, 5.41) is 0. The lowest BCUT2D eigenvalue weighted by molar-refractivity contribution is 0.584. The van der Waals surface area contributed by atoms with E-state index in [-0.39, 0.29) is 18.3 Å². The zero-order valence-corrected chi connectivity index (χ0v) is 8.26. The summed E-state index contributed by atoms with van der Waals surface area (Å²) in [7, 11) is -3.22. The van der Waals surface area contributed by atoms with Crippen LogP contribution in [-0.2, 0) is 10.0 Å². The lowest BCUT2D eigenvalue weighted by Gasteiger charge is -2.02. The molecule has 0 bridgehead atoms. The second kappa shape index (κ2) is 5.73. The number of nitrogens with two attached hydrogens (primary N) is 2. The van der Waals surface area contributed by atoms with Gasteiger partial charge in [-0.2, -0.15) is 0 Å². The maximum absolute atomic E-state index is 11.0. The van der Waals surface area contributed by atoms with Gasteiger partial charge in [0, 0.05) is 6.54 Å². The van der Waals surface area contributed by atoms with Crippen molar-refractivity contribution >= 4 is 16.0 Å². The maximum Gasteiger partial charge on any atom is 0.213 e. The fourth-order valence-electron chi connectivity index (χ4n) is 0.624. The summed E-state index contributed by atoms with van der Waals surface area (Å²) in [4.78, 5) is 3.65. The van der Waals surface area contributed by atoms with Gasteiger partial charge in [-0.25, -0.2) is 19.0 Å². The minimum Gasteiger partial charge on any atom is -0.369 e. The molecule has 0 unspecified atom stereocenters. The smallest absolute Gasteiger partial charge is 0.213 e. The third-order valence-corrected chi connectivity index (χ3v) is 2.60. The molecule has 0 aromatic carbocycles. The van der Waals surface area contributed by atoms with E-state index in [0.717, 1.165) is 0 Å². The van der Waals surface area contributed by atoms with Gasteiger partial charge in [0.05, 0.1) is 12.3 Å². The first-order chi connectivity index (χ1) is 6.02. The SMILES string of the molecule is CCNS(=O)(=O)CCN=C(N)NN. The molecule has 0 aliphatic heterocycles. The van der Waals surface area contributed by atoms with E-state index in [2.05, 4.69) is 15.1 Å². The highest BCUT2D eigenvalue weighted by Gasteiger charge is 2.06. The quantitative estimate of drug-likeness (QED) is 0.175. The zero-order valence-electron chi connectivity index (χ0n) is 7.45. The van der Waals surface area contributed by atoms with Gasteiger partial charge in [0.2, 0.25) is 16.0 Å². The van der Waals surface area contributed by atoms with Crippen LogP contribution >= 0.6 is 0 Å². The summed E-state index contributed by atoms with van der Waals surface area (Å²) in [6.07, 6.45) is 0. The number of guanidine groups is 1. The number of rotatable bonds is 5. The van der Waals surface area contributed by atoms with E-state index >= 15 is 0 Å². The van der Waals surface area contributed by atoms with E-state index in [1.165, 1.54) is 0 Å². The third-order valence-electron chi connectivity index (χ3n) is 1.15. The number of sulfonamides is 1. The van der Waals surface area contributed by atoms with Crippen molar-refractivity contribution in [2.75, 3.05) is 18.8 Å². The lowest BCUT2D eigenvalue weighted by atomic mass is 10.8. The molecule has 0 heterocycles. The first-order valence-corrected chi connectivity index (χ1v) is 5.41. The predicted octanol–water partition coefficient (Wildman–Crippen LogP) is -2.30. The van der Waals surface area contributed by atoms with Gasteiger partial charge in [0.15, 0.2) is 0 Å². The van der Waals surface area contributed by atoms with Crippen molar-refractivity contribution in [1.82, 2.24) is 10.1 Å². The molecule has 78 valence electrons. The van der Waals surface area contributed by atoms with Crippen LogP contribution in [0.1, 0.15) is 6.92 Å². The van der Waals surface area contributed by atoms with Crippen LogP contribution in [0.5, 0.6) is 0 Å². The van der Waals surface area contributed by atoms with E-state index in [4.69, 9.17) is 11.6 Å². The molecule has 0 aromatic rings. The predicted molar refractivity (Wildman–Crippen MR) is 51.3 cm³/mol. The Labute approximate surface area is 77.6 Å². The van der Waals surface area contributed by atoms with Gasteiger partial charge in [-0.3, -0.25) is 10.4 Å². The number of hydrazine groups is 1. The Balaban J connectivity index is 3.89. The Morgan fingerprint density at radius 1 is 1.54 bits per heavy atom. The van der Waals surface area contributed by atoms with Crippen LogP contribution in [-0.4, -0.2) is 33.2 Å². The van der Waals surface area contributed by atoms with E-state index in [1.807, 2.05) is 0 Å². The molecular weight excluding hydrogens is 194 g/mol. The normalized spacial score (nSPS) is 12.9. The molecule has 0 aliphatic carbocycles. The van der Waals surface area contributed by atoms with Crippen LogP contribution in [0.3, 0.4) is 0 Å². The average molecular weight is 209 g/mol. The highest BCUT2D eigenvalue weighted by Crippen LogP contribution is 1.83. The minimum atomic E-state index is -3.22. The van der Waals surface area contributed by atoms with E-state index in [0.29, 0.717) is 6.54 Å². The molecule has 0 atom stereocenters. The highest BCUT2D eigenvalue weighted by molar-refractivity contribution is 7.89. The Morgan fingerprint density at radius 3 is 2.62 bits per heavy atom. The number of hydrogen-bond donors (Lipinski definition) is 4. The minimum absolute atomic E-state index is 0.0201. The van der Waals surface area contributed by atoms with Crippen molar-refractivity contribution in [3.8, 4) is 0 Å². The highest BCUT2D eigenvalue weighted by atomic mass is 32.2. The van der Waals surface area contributed by atoms with E-state index in [9.17, 15) is 8.42 Å². The van der Waals surface area contributed by atoms with Crippen LogP contribution in [0.25, 0.3) is 0 Å². The standard InChI is InChI=1S/C5H15N5O2S/c1-2-9-13(11,12)4-3-8-5(6)10-7/h9H,2-4,7H2,1H3,(H3,6,8,10). The molecule has 0 amide bonds. The first kappa shape index (κ1) is 12.1. The van der Waals surface area contributed by atoms with Gasteiger partial charge in [0.25, 0.3) is 0 Å². The molecule has 7 nitrogen and oxygen atoms in total. The summed E-state index contributed by atoms with van der Waals surface area (Å²) < 4.78 is 24.4. The molecule has 0 aromatic heterocycles. The lowest BCUT2D eigenvalue weighted by Crippen LogP contribution is -2.37. The van der Waals surface area contributed by atoms with Crippen LogP contribution in [0.2, 0.25) is 0 Å². The van der Waals surface area contributed by atoms with Gasteiger partial charge in [-0.05, 0) is 0 Å². The Bertz CT molecular complexity index is 260. The van der Waals surface area contributed by atoms with Crippen molar-refractivity contribution in [3.05, 3.63) is 0 Å². The molecule has 13 heavy (non-hydrogen) atoms. The summed E-state index contributed by atoms with van der Waals surface area (Å²) in [5.41, 5.74) is 7.27. The van der Waals surface area contributed by atoms with Crippen LogP contribution < -0.4 is 21.7 Å². The molecule has 0 fully saturated rings. The molecule has 0 saturated heterocycles. The van der Waals surface area contributed by atoms with Gasteiger partial charge < -0.3 is 5.73 Å². The van der Waals surface area contributed by atoms with Gasteiger partial charge in [-0.1, -0.05) is 6.92 Å². The monoisotopic (exact) mass is 209 g/mol. The number of aliphatic imine (C=N–C) groups is 1. The molecule has 0 radical (unpaired) electrons. The molecule has 0 aliphatic rings. The maximum atomic E-state index is 11.0. The van der Waals surface area contributed by atoms with Gasteiger partial charge >= 0.3 is 0 Å². The number of nitrogens with one attached hydrogen (secondary N) is 2. The summed E-state index contributed by atoms with van der Waals surface area (Å²) in [6, 6.07) is 0. The van der Waals surface area contributed by atoms with Gasteiger partial charge in [-0.15, -0.1) is 0 Å². The van der Waals surface area contributed by atoms with E-state index in [1.54, 1.807) is 6.92 Å². The molecule has 0 spiro atoms. The number of hydrogen-bond acceptors (Lipinski definition) is 4. The fourth-order valence-corrected chi connectivity index (χ4v) is 1.54. The Kier molecular flexibility index (Phi) is 5.35. The van der Waals surface area contributed by atoms with Crippen LogP contribution in [0.15, 0.2) is 4.99 Å². The topological polar surface area (TPSA) is 123 Å². The largest absolute Gasteiger partial charge is 0.369 e. The third kappa shape index (κ3) is 6.31. The van der Waals surface area contributed by atoms with Crippen molar-refractivity contribution < 1.29 is 8.42 Å². The molecular formula is C5H15N5O2S. The molecule has 0 rings (SSSR count). The van der Waals surface area contributed by atoms with Crippen LogP contribution in [0.4, 0.5) is 0 Å². The average Bonchev–Trinajstić information content (AvgIpc) is 2.03. The van der Waals surface area contributed by atoms with Gasteiger partial charge in [0.1, 0.15) is 0 Å². The summed E-state index contributed by atoms with van der Waals surface area (Å²) in [6.45, 7) is 2.17. The van der Waals surface area contributed by atoms with Crippen LogP contribution in [0, 0.1) is 0 Å². The number of nitrogens with zero attached hydrogens (tertiary/aromatic N) is 1. The molecule has 8 heteroatoms. The van der Waals surface area contributed by atoms with Crippen molar-refractivity contribution in [1.29, 1.82) is 0 Å². The molecule has 0 saturated carbocycles. The van der Waals surface area contributed by atoms with Crippen molar-refractivity contribution in [2.24, 2.45) is 16.6 Å². The van der Waals surface area contributed by atoms with Crippen molar-refractivity contribution in [3.63, 3.8) is 0 Å². The zero-order chi connectivity index (χ0) is 10.3. The first-order valence-electron chi connectivity index (χ1n) is 3.75. The second-order valence-electron chi connectivity index (χ2n) is 2.23. The summed E-state index contributed by atoms with van der Waals surface area (Å²) >= 11 is 0. The Hall–Kier alpha value is -0.860.